The summed E-state index contributed by atoms with van der Waals surface area (Å²) in [6, 6.07) is 28.7. The minimum absolute atomic E-state index is 0.0306. The van der Waals surface area contributed by atoms with E-state index in [1.165, 1.54) is 18.9 Å². The monoisotopic (exact) mass is 653 g/mol. The maximum atomic E-state index is 14.4. The fraction of sp³-hybridized carbons (Fsp3) is 0.410. The number of rotatable bonds is 8. The number of nitrogens with one attached hydrogen (secondary N) is 1. The maximum absolute atomic E-state index is 14.4. The number of benzene rings is 4. The van der Waals surface area contributed by atoms with Crippen LogP contribution in [0.2, 0.25) is 0 Å². The lowest BCUT2D eigenvalue weighted by atomic mass is 9.61. The highest BCUT2D eigenvalue weighted by atomic mass is 32.2. The van der Waals surface area contributed by atoms with Gasteiger partial charge in [0.25, 0.3) is 0 Å². The van der Waals surface area contributed by atoms with Gasteiger partial charge < -0.3 is 4.90 Å². The van der Waals surface area contributed by atoms with Gasteiger partial charge in [-0.1, -0.05) is 72.8 Å². The van der Waals surface area contributed by atoms with Crippen LogP contribution in [0.5, 0.6) is 0 Å². The Bertz CT molecular complexity index is 1820. The minimum Gasteiger partial charge on any atom is -0.343 e. The Kier molecular flexibility index (Phi) is 8.94. The molecule has 1 saturated carbocycles. The summed E-state index contributed by atoms with van der Waals surface area (Å²) in [4.78, 5) is 18.5. The van der Waals surface area contributed by atoms with Crippen molar-refractivity contribution in [1.29, 1.82) is 0 Å². The van der Waals surface area contributed by atoms with Gasteiger partial charge in [-0.15, -0.1) is 0 Å². The molecular weight excluding hydrogens is 610 g/mol. The van der Waals surface area contributed by atoms with E-state index in [1.54, 1.807) is 18.2 Å². The van der Waals surface area contributed by atoms with Gasteiger partial charge in [0.15, 0.2) is 0 Å². The van der Waals surface area contributed by atoms with E-state index in [-0.39, 0.29) is 34.0 Å². The van der Waals surface area contributed by atoms with Crippen LogP contribution in [-0.4, -0.2) is 50.3 Å². The summed E-state index contributed by atoms with van der Waals surface area (Å²) in [6.45, 7) is 3.49. The number of carbonyl (C=O) groups is 1. The molecule has 1 unspecified atom stereocenters. The summed E-state index contributed by atoms with van der Waals surface area (Å²) < 4.78 is 44.5. The Morgan fingerprint density at radius 1 is 0.745 bits per heavy atom. The molecule has 1 aliphatic carbocycles. The van der Waals surface area contributed by atoms with Crippen LogP contribution in [-0.2, 0) is 20.4 Å². The molecule has 3 aliphatic rings. The second kappa shape index (κ2) is 13.1. The number of amides is 1. The molecule has 4 aromatic rings. The smallest absolute Gasteiger partial charge is 0.241 e. The number of hydrogen-bond donors (Lipinski definition) is 1. The first-order chi connectivity index (χ1) is 22.8. The van der Waals surface area contributed by atoms with Crippen molar-refractivity contribution in [2.75, 3.05) is 26.2 Å². The number of likely N-dealkylation sites (tertiary alicyclic amines) is 2. The van der Waals surface area contributed by atoms with Gasteiger partial charge in [0.2, 0.25) is 15.9 Å². The van der Waals surface area contributed by atoms with Gasteiger partial charge in [-0.2, -0.15) is 0 Å². The first-order valence-corrected chi connectivity index (χ1v) is 18.6. The van der Waals surface area contributed by atoms with Crippen molar-refractivity contribution in [1.82, 2.24) is 14.5 Å². The van der Waals surface area contributed by atoms with Crippen LogP contribution in [0.25, 0.3) is 10.8 Å². The largest absolute Gasteiger partial charge is 0.343 e. The standard InChI is InChI=1S/C39H44FN3O3S/c40-34-14-8-13-33(28-34)39(43-23-6-7-24-43)19-17-38(18-20-39)21-25-42(26-22-38)37(44)29-36(31-10-2-1-3-11-31)41-47(45,46)35-16-15-30-9-4-5-12-32(30)27-35/h1-5,8-16,27-28,36,41H,6-7,17-26,29H2. The second-order valence-corrected chi connectivity index (χ2v) is 15.6. The van der Waals surface area contributed by atoms with Crippen LogP contribution in [0.15, 0.2) is 102 Å². The predicted molar refractivity (Wildman–Crippen MR) is 184 cm³/mol. The quantitative estimate of drug-likeness (QED) is 0.213. The van der Waals surface area contributed by atoms with Crippen LogP contribution in [0.1, 0.15) is 75.0 Å². The summed E-state index contributed by atoms with van der Waals surface area (Å²) >= 11 is 0. The molecule has 4 aromatic carbocycles. The highest BCUT2D eigenvalue weighted by Crippen LogP contribution is 2.53. The Hall–Kier alpha value is -3.59. The molecule has 1 spiro atoms. The van der Waals surface area contributed by atoms with E-state index in [0.29, 0.717) is 13.1 Å². The second-order valence-electron chi connectivity index (χ2n) is 13.9. The molecule has 6 nitrogen and oxygen atoms in total. The molecule has 8 heteroatoms. The van der Waals surface area contributed by atoms with E-state index >= 15 is 0 Å². The summed E-state index contributed by atoms with van der Waals surface area (Å²) in [5, 5.41) is 1.82. The molecular formula is C39H44FN3O3S. The van der Waals surface area contributed by atoms with E-state index in [4.69, 9.17) is 0 Å². The van der Waals surface area contributed by atoms with E-state index in [0.717, 1.165) is 73.5 Å². The number of piperidine rings is 1. The van der Waals surface area contributed by atoms with Gasteiger partial charge in [-0.25, -0.2) is 17.5 Å². The lowest BCUT2D eigenvalue weighted by Gasteiger charge is -2.53. The average molecular weight is 654 g/mol. The number of halogens is 1. The van der Waals surface area contributed by atoms with E-state index in [2.05, 4.69) is 15.7 Å². The van der Waals surface area contributed by atoms with Gasteiger partial charge >= 0.3 is 0 Å². The number of nitrogens with zero attached hydrogens (tertiary/aromatic N) is 2. The number of carbonyl (C=O) groups excluding carboxylic acids is 1. The molecule has 3 fully saturated rings. The van der Waals surface area contributed by atoms with Crippen LogP contribution in [0.3, 0.4) is 0 Å². The number of hydrogen-bond acceptors (Lipinski definition) is 4. The minimum atomic E-state index is -3.89. The summed E-state index contributed by atoms with van der Waals surface area (Å²) in [5.41, 5.74) is 1.95. The highest BCUT2D eigenvalue weighted by molar-refractivity contribution is 7.89. The van der Waals surface area contributed by atoms with Gasteiger partial charge in [0, 0.05) is 25.0 Å². The fourth-order valence-corrected chi connectivity index (χ4v) is 9.70. The number of sulfonamides is 1. The summed E-state index contributed by atoms with van der Waals surface area (Å²) in [5.74, 6) is -0.196. The van der Waals surface area contributed by atoms with Crippen LogP contribution in [0.4, 0.5) is 4.39 Å². The van der Waals surface area contributed by atoms with Crippen LogP contribution >= 0.6 is 0 Å². The first kappa shape index (κ1) is 32.0. The van der Waals surface area contributed by atoms with Gasteiger partial charge in [0.1, 0.15) is 5.82 Å². The van der Waals surface area contributed by atoms with Gasteiger partial charge in [-0.3, -0.25) is 9.69 Å². The van der Waals surface area contributed by atoms with Crippen molar-refractivity contribution < 1.29 is 17.6 Å². The van der Waals surface area contributed by atoms with Gasteiger partial charge in [0.05, 0.1) is 10.9 Å². The van der Waals surface area contributed by atoms with E-state index < -0.39 is 16.1 Å². The Morgan fingerprint density at radius 2 is 1.43 bits per heavy atom. The average Bonchev–Trinajstić information content (AvgIpc) is 3.65. The van der Waals surface area contributed by atoms with Crippen molar-refractivity contribution in [3.63, 3.8) is 0 Å². The summed E-state index contributed by atoms with van der Waals surface area (Å²) in [7, 11) is -3.89. The zero-order chi connectivity index (χ0) is 32.5. The molecule has 2 aliphatic heterocycles. The van der Waals surface area contributed by atoms with E-state index in [1.807, 2.05) is 71.6 Å². The van der Waals surface area contributed by atoms with Crippen molar-refractivity contribution in [2.45, 2.75) is 74.3 Å². The first-order valence-electron chi connectivity index (χ1n) is 17.1. The molecule has 2 heterocycles. The molecule has 2 saturated heterocycles. The van der Waals surface area contributed by atoms with Crippen molar-refractivity contribution >= 4 is 26.7 Å². The molecule has 1 N–H and O–H groups in total. The topological polar surface area (TPSA) is 69.7 Å². The van der Waals surface area contributed by atoms with Gasteiger partial charge in [-0.05, 0) is 116 Å². The van der Waals surface area contributed by atoms with Crippen LogP contribution < -0.4 is 4.72 Å². The third-order valence-electron chi connectivity index (χ3n) is 11.3. The predicted octanol–water partition coefficient (Wildman–Crippen LogP) is 7.56. The third-order valence-corrected chi connectivity index (χ3v) is 12.8. The normalized spacial score (nSPS) is 20.4. The number of fused-ring (bicyclic) bond motifs is 1. The summed E-state index contributed by atoms with van der Waals surface area (Å²) in [6.07, 6.45) is 8.49. The van der Waals surface area contributed by atoms with Crippen molar-refractivity contribution in [2.24, 2.45) is 5.41 Å². The highest BCUT2D eigenvalue weighted by Gasteiger charge is 2.48. The Balaban J connectivity index is 1.03. The fourth-order valence-electron chi connectivity index (χ4n) is 8.44. The molecule has 246 valence electrons. The Labute approximate surface area is 278 Å². The molecule has 47 heavy (non-hydrogen) atoms. The molecule has 0 radical (unpaired) electrons. The van der Waals surface area contributed by atoms with Crippen molar-refractivity contribution in [3.05, 3.63) is 114 Å². The molecule has 0 aromatic heterocycles. The van der Waals surface area contributed by atoms with Crippen molar-refractivity contribution in [3.8, 4) is 0 Å². The lowest BCUT2D eigenvalue weighted by Crippen LogP contribution is -2.52. The molecule has 0 bridgehead atoms. The third kappa shape index (κ3) is 6.60. The SMILES string of the molecule is O=C(CC(NS(=O)(=O)c1ccc2ccccc2c1)c1ccccc1)N1CCC2(CC1)CCC(c1cccc(F)c1)(N1CCCC1)CC2. The molecule has 1 amide bonds. The zero-order valence-electron chi connectivity index (χ0n) is 26.9. The molecule has 1 atom stereocenters. The lowest BCUT2D eigenvalue weighted by molar-refractivity contribution is -0.135. The maximum Gasteiger partial charge on any atom is 0.241 e. The van der Waals surface area contributed by atoms with Crippen LogP contribution in [0, 0.1) is 11.2 Å². The zero-order valence-corrected chi connectivity index (χ0v) is 27.7. The van der Waals surface area contributed by atoms with E-state index in [9.17, 15) is 17.6 Å². The molecule has 7 rings (SSSR count). The Morgan fingerprint density at radius 3 is 2.13 bits per heavy atom.